The quantitative estimate of drug-likeness (QED) is 0.806. The highest BCUT2D eigenvalue weighted by molar-refractivity contribution is 5.95. The fourth-order valence-electron chi connectivity index (χ4n) is 2.96. The van der Waals surface area contributed by atoms with Crippen molar-refractivity contribution in [2.75, 3.05) is 6.54 Å². The molecule has 23 heavy (non-hydrogen) atoms. The van der Waals surface area contributed by atoms with Gasteiger partial charge in [-0.05, 0) is 38.1 Å². The Morgan fingerprint density at radius 3 is 2.65 bits per heavy atom. The van der Waals surface area contributed by atoms with Crippen molar-refractivity contribution in [3.8, 4) is 0 Å². The molecule has 0 aliphatic carbocycles. The second kappa shape index (κ2) is 5.40. The molecule has 1 aliphatic rings. The van der Waals surface area contributed by atoms with Gasteiger partial charge in [-0.2, -0.15) is 13.2 Å². The molecule has 0 saturated carbocycles. The number of aromatic nitrogens is 2. The van der Waals surface area contributed by atoms with E-state index in [0.717, 1.165) is 11.8 Å². The van der Waals surface area contributed by atoms with Crippen molar-refractivity contribution in [2.24, 2.45) is 0 Å². The van der Waals surface area contributed by atoms with E-state index >= 15 is 0 Å². The van der Waals surface area contributed by atoms with Gasteiger partial charge < -0.3 is 9.47 Å². The Kier molecular flexibility index (Phi) is 3.66. The summed E-state index contributed by atoms with van der Waals surface area (Å²) in [5.41, 5.74) is 0.345. The summed E-state index contributed by atoms with van der Waals surface area (Å²) in [6.45, 7) is 4.53. The summed E-state index contributed by atoms with van der Waals surface area (Å²) in [5, 5.41) is 0. The molecule has 0 N–H and O–H groups in total. The first-order chi connectivity index (χ1) is 10.8. The molecule has 0 radical (unpaired) electrons. The van der Waals surface area contributed by atoms with Gasteiger partial charge in [0.2, 0.25) is 0 Å². The van der Waals surface area contributed by atoms with Crippen LogP contribution in [0.25, 0.3) is 0 Å². The third kappa shape index (κ3) is 2.71. The van der Waals surface area contributed by atoms with E-state index in [0.29, 0.717) is 13.1 Å². The topological polar surface area (TPSA) is 38.1 Å². The third-order valence-electron chi connectivity index (χ3n) is 4.21. The summed E-state index contributed by atoms with van der Waals surface area (Å²) in [7, 11) is 0. The van der Waals surface area contributed by atoms with Crippen LogP contribution < -0.4 is 0 Å². The Hall–Kier alpha value is -2.31. The number of carbonyl (C=O) groups excluding carboxylic acids is 1. The number of nitrogens with zero attached hydrogens (tertiary/aromatic N) is 3. The van der Waals surface area contributed by atoms with Crippen LogP contribution in [0.4, 0.5) is 13.2 Å². The number of pyridine rings is 1. The van der Waals surface area contributed by atoms with Crippen LogP contribution in [0, 0.1) is 6.92 Å². The van der Waals surface area contributed by atoms with Gasteiger partial charge in [0.1, 0.15) is 5.69 Å². The Labute approximate surface area is 131 Å². The van der Waals surface area contributed by atoms with Crippen LogP contribution in [0.2, 0.25) is 0 Å². The summed E-state index contributed by atoms with van der Waals surface area (Å²) >= 11 is 0. The first kappa shape index (κ1) is 15.6. The average Bonchev–Trinajstić information content (AvgIpc) is 2.95. The molecule has 0 saturated heterocycles. The summed E-state index contributed by atoms with van der Waals surface area (Å²) in [5.74, 6) is -0.288. The van der Waals surface area contributed by atoms with Gasteiger partial charge in [0, 0.05) is 25.0 Å². The normalized spacial score (nSPS) is 18.0. The van der Waals surface area contributed by atoms with Crippen molar-refractivity contribution < 1.29 is 18.0 Å². The fraction of sp³-hybridized carbons (Fsp3) is 0.375. The van der Waals surface area contributed by atoms with Crippen LogP contribution in [0.3, 0.4) is 0 Å². The SMILES string of the molecule is Cc1nc(C(F)(F)F)ccc1C(=O)N1CCn2cccc2[C@H]1C. The van der Waals surface area contributed by atoms with Crippen molar-refractivity contribution in [1.82, 2.24) is 14.5 Å². The number of amides is 1. The van der Waals surface area contributed by atoms with Gasteiger partial charge in [-0.25, -0.2) is 4.98 Å². The highest BCUT2D eigenvalue weighted by atomic mass is 19.4. The van der Waals surface area contributed by atoms with Crippen LogP contribution in [0.15, 0.2) is 30.5 Å². The Balaban J connectivity index is 1.90. The number of fused-ring (bicyclic) bond motifs is 1. The summed E-state index contributed by atoms with van der Waals surface area (Å²) in [6.07, 6.45) is -2.55. The molecule has 0 fully saturated rings. The molecule has 2 aromatic rings. The van der Waals surface area contributed by atoms with Crippen molar-refractivity contribution in [3.05, 3.63) is 53.1 Å². The lowest BCUT2D eigenvalue weighted by atomic mass is 10.1. The number of halogens is 3. The second-order valence-corrected chi connectivity index (χ2v) is 5.63. The summed E-state index contributed by atoms with van der Waals surface area (Å²) < 4.78 is 40.1. The van der Waals surface area contributed by atoms with Crippen LogP contribution in [-0.2, 0) is 12.7 Å². The molecule has 1 aliphatic heterocycles. The van der Waals surface area contributed by atoms with Crippen LogP contribution >= 0.6 is 0 Å². The van der Waals surface area contributed by atoms with E-state index in [-0.39, 0.29) is 23.2 Å². The number of rotatable bonds is 1. The van der Waals surface area contributed by atoms with Crippen molar-refractivity contribution in [2.45, 2.75) is 32.6 Å². The Morgan fingerprint density at radius 1 is 1.26 bits per heavy atom. The number of hydrogen-bond acceptors (Lipinski definition) is 2. The molecular formula is C16H16F3N3O. The van der Waals surface area contributed by atoms with Gasteiger partial charge in [0.25, 0.3) is 5.91 Å². The number of carbonyl (C=O) groups is 1. The minimum atomic E-state index is -4.51. The molecule has 0 unspecified atom stereocenters. The molecule has 3 rings (SSSR count). The fourth-order valence-corrected chi connectivity index (χ4v) is 2.96. The standard InChI is InChI=1S/C16H16F3N3O/c1-10-12(5-6-14(20-10)16(17,18)19)15(23)22-9-8-21-7-3-4-13(21)11(22)2/h3-7,11H,8-9H2,1-2H3/t11-/m1/s1. The highest BCUT2D eigenvalue weighted by Crippen LogP contribution is 2.30. The minimum absolute atomic E-state index is 0.0954. The molecule has 0 bridgehead atoms. The molecule has 1 amide bonds. The van der Waals surface area contributed by atoms with Crippen LogP contribution in [0.5, 0.6) is 0 Å². The minimum Gasteiger partial charge on any atom is -0.348 e. The number of aryl methyl sites for hydroxylation is 1. The van der Waals surface area contributed by atoms with Crippen molar-refractivity contribution in [1.29, 1.82) is 0 Å². The van der Waals surface area contributed by atoms with E-state index in [9.17, 15) is 18.0 Å². The predicted octanol–water partition coefficient (Wildman–Crippen LogP) is 3.43. The molecule has 0 spiro atoms. The first-order valence-electron chi connectivity index (χ1n) is 7.30. The Morgan fingerprint density at radius 2 is 2.00 bits per heavy atom. The van der Waals surface area contributed by atoms with E-state index in [1.54, 1.807) is 4.90 Å². The van der Waals surface area contributed by atoms with E-state index in [1.807, 2.05) is 25.3 Å². The van der Waals surface area contributed by atoms with Crippen molar-refractivity contribution in [3.63, 3.8) is 0 Å². The molecule has 3 heterocycles. The zero-order valence-corrected chi connectivity index (χ0v) is 12.8. The molecular weight excluding hydrogens is 307 g/mol. The zero-order chi connectivity index (χ0) is 16.8. The van der Waals surface area contributed by atoms with Crippen LogP contribution in [0.1, 0.15) is 40.4 Å². The molecule has 7 heteroatoms. The molecule has 0 aromatic carbocycles. The molecule has 122 valence electrons. The third-order valence-corrected chi connectivity index (χ3v) is 4.21. The van der Waals surface area contributed by atoms with Gasteiger partial charge in [-0.1, -0.05) is 0 Å². The highest BCUT2D eigenvalue weighted by Gasteiger charge is 2.34. The monoisotopic (exact) mass is 323 g/mol. The van der Waals surface area contributed by atoms with E-state index in [2.05, 4.69) is 9.55 Å². The number of hydrogen-bond donors (Lipinski definition) is 0. The average molecular weight is 323 g/mol. The molecule has 1 atom stereocenters. The summed E-state index contributed by atoms with van der Waals surface area (Å²) in [6, 6.07) is 5.81. The number of alkyl halides is 3. The van der Waals surface area contributed by atoms with Gasteiger partial charge in [0.15, 0.2) is 0 Å². The van der Waals surface area contributed by atoms with Gasteiger partial charge >= 0.3 is 6.18 Å². The first-order valence-corrected chi connectivity index (χ1v) is 7.30. The maximum atomic E-state index is 12.7. The second-order valence-electron chi connectivity index (χ2n) is 5.63. The maximum absolute atomic E-state index is 12.7. The lowest BCUT2D eigenvalue weighted by molar-refractivity contribution is -0.141. The van der Waals surface area contributed by atoms with Gasteiger partial charge in [-0.15, -0.1) is 0 Å². The van der Waals surface area contributed by atoms with Gasteiger partial charge in [0.05, 0.1) is 17.3 Å². The zero-order valence-electron chi connectivity index (χ0n) is 12.8. The predicted molar refractivity (Wildman–Crippen MR) is 77.9 cm³/mol. The van der Waals surface area contributed by atoms with E-state index in [4.69, 9.17) is 0 Å². The Bertz CT molecular complexity index is 751. The lowest BCUT2D eigenvalue weighted by Gasteiger charge is -2.35. The smallest absolute Gasteiger partial charge is 0.348 e. The van der Waals surface area contributed by atoms with Crippen LogP contribution in [-0.4, -0.2) is 26.9 Å². The lowest BCUT2D eigenvalue weighted by Crippen LogP contribution is -2.41. The van der Waals surface area contributed by atoms with E-state index < -0.39 is 11.9 Å². The summed E-state index contributed by atoms with van der Waals surface area (Å²) in [4.78, 5) is 17.9. The van der Waals surface area contributed by atoms with Crippen molar-refractivity contribution >= 4 is 5.91 Å². The van der Waals surface area contributed by atoms with E-state index in [1.165, 1.54) is 13.0 Å². The maximum Gasteiger partial charge on any atom is 0.433 e. The van der Waals surface area contributed by atoms with Gasteiger partial charge in [-0.3, -0.25) is 4.79 Å². The largest absolute Gasteiger partial charge is 0.433 e. The molecule has 2 aromatic heterocycles. The molecule has 4 nitrogen and oxygen atoms in total.